The zero-order valence-electron chi connectivity index (χ0n) is 10.9. The molecule has 0 saturated carbocycles. The van der Waals surface area contributed by atoms with Crippen LogP contribution in [0.3, 0.4) is 0 Å². The second-order valence-corrected chi connectivity index (χ2v) is 5.03. The first-order valence-electron chi connectivity index (χ1n) is 6.67. The fraction of sp³-hybridized carbons (Fsp3) is 0.600. The molecule has 1 saturated heterocycles. The van der Waals surface area contributed by atoms with Crippen LogP contribution in [0.5, 0.6) is 0 Å². The Morgan fingerprint density at radius 1 is 1.29 bits per heavy atom. The highest BCUT2D eigenvalue weighted by molar-refractivity contribution is 5.23. The Hall–Kier alpha value is -0.860. The molecule has 1 unspecified atom stereocenters. The van der Waals surface area contributed by atoms with Crippen molar-refractivity contribution < 1.29 is 4.74 Å². The summed E-state index contributed by atoms with van der Waals surface area (Å²) >= 11 is 0. The van der Waals surface area contributed by atoms with Crippen molar-refractivity contribution in [2.45, 2.75) is 45.3 Å². The van der Waals surface area contributed by atoms with E-state index in [-0.39, 0.29) is 0 Å². The molecule has 1 aliphatic rings. The number of ether oxygens (including phenoxy) is 1. The summed E-state index contributed by atoms with van der Waals surface area (Å²) in [6.07, 6.45) is 4.15. The van der Waals surface area contributed by atoms with Crippen LogP contribution in [0.15, 0.2) is 24.3 Å². The molecule has 94 valence electrons. The van der Waals surface area contributed by atoms with Crippen LogP contribution in [0.2, 0.25) is 0 Å². The van der Waals surface area contributed by atoms with Crippen molar-refractivity contribution in [3.8, 4) is 0 Å². The third-order valence-electron chi connectivity index (χ3n) is 3.50. The van der Waals surface area contributed by atoms with Gasteiger partial charge in [0.25, 0.3) is 0 Å². The van der Waals surface area contributed by atoms with E-state index in [1.165, 1.54) is 30.4 Å². The summed E-state index contributed by atoms with van der Waals surface area (Å²) < 4.78 is 5.72. The van der Waals surface area contributed by atoms with E-state index in [1.807, 2.05) is 0 Å². The minimum Gasteiger partial charge on any atom is -0.377 e. The Labute approximate surface area is 104 Å². The predicted octanol–water partition coefficient (Wildman–Crippen LogP) is 3.21. The summed E-state index contributed by atoms with van der Waals surface area (Å²) in [6.45, 7) is 6.24. The smallest absolute Gasteiger partial charge is 0.0699 e. The van der Waals surface area contributed by atoms with E-state index in [9.17, 15) is 0 Å². The van der Waals surface area contributed by atoms with E-state index in [0.29, 0.717) is 12.1 Å². The van der Waals surface area contributed by atoms with E-state index in [4.69, 9.17) is 4.74 Å². The Morgan fingerprint density at radius 2 is 2.06 bits per heavy atom. The van der Waals surface area contributed by atoms with Crippen molar-refractivity contribution in [2.24, 2.45) is 0 Å². The Balaban J connectivity index is 1.80. The monoisotopic (exact) mass is 233 g/mol. The fourth-order valence-electron chi connectivity index (χ4n) is 2.25. The van der Waals surface area contributed by atoms with Gasteiger partial charge in [-0.2, -0.15) is 0 Å². The van der Waals surface area contributed by atoms with Gasteiger partial charge in [-0.3, -0.25) is 0 Å². The average molecular weight is 233 g/mol. The molecule has 2 rings (SSSR count). The molecule has 0 aromatic heterocycles. The Bertz CT molecular complexity index is 327. The number of aryl methyl sites for hydroxylation is 1. The van der Waals surface area contributed by atoms with Gasteiger partial charge in [0.2, 0.25) is 0 Å². The predicted molar refractivity (Wildman–Crippen MR) is 71.2 cm³/mol. The normalized spacial score (nSPS) is 22.4. The van der Waals surface area contributed by atoms with Crippen molar-refractivity contribution in [1.29, 1.82) is 0 Å². The third-order valence-corrected chi connectivity index (χ3v) is 3.50. The van der Waals surface area contributed by atoms with Crippen molar-refractivity contribution in [1.82, 2.24) is 5.32 Å². The maximum absolute atomic E-state index is 5.72. The summed E-state index contributed by atoms with van der Waals surface area (Å²) in [6, 6.07) is 9.15. The van der Waals surface area contributed by atoms with Crippen LogP contribution in [-0.4, -0.2) is 19.3 Å². The highest BCUT2D eigenvalue weighted by Gasteiger charge is 2.14. The standard InChI is InChI=1S/C15H23NO/c1-12-6-8-14(9-7-12)13(2)16-11-15-5-3-4-10-17-15/h6-9,13,15-16H,3-5,10-11H2,1-2H3/t13-,15?/m1/s1. The zero-order chi connectivity index (χ0) is 12.1. The van der Waals surface area contributed by atoms with Crippen LogP contribution in [0.4, 0.5) is 0 Å². The molecule has 1 aromatic rings. The molecule has 2 nitrogen and oxygen atoms in total. The average Bonchev–Trinajstić information content (AvgIpc) is 2.38. The van der Waals surface area contributed by atoms with Gasteiger partial charge < -0.3 is 10.1 Å². The Morgan fingerprint density at radius 3 is 2.71 bits per heavy atom. The molecular formula is C15H23NO. The highest BCUT2D eigenvalue weighted by Crippen LogP contribution is 2.15. The molecule has 2 heteroatoms. The first-order chi connectivity index (χ1) is 8.25. The molecule has 1 aliphatic heterocycles. The molecule has 2 atom stereocenters. The van der Waals surface area contributed by atoms with Crippen LogP contribution in [0.25, 0.3) is 0 Å². The number of rotatable bonds is 4. The van der Waals surface area contributed by atoms with Crippen LogP contribution < -0.4 is 5.32 Å². The van der Waals surface area contributed by atoms with E-state index >= 15 is 0 Å². The quantitative estimate of drug-likeness (QED) is 0.862. The topological polar surface area (TPSA) is 21.3 Å². The fourth-order valence-corrected chi connectivity index (χ4v) is 2.25. The van der Waals surface area contributed by atoms with Crippen LogP contribution >= 0.6 is 0 Å². The van der Waals surface area contributed by atoms with Gasteiger partial charge >= 0.3 is 0 Å². The zero-order valence-corrected chi connectivity index (χ0v) is 10.9. The van der Waals surface area contributed by atoms with E-state index in [1.54, 1.807) is 0 Å². The molecule has 1 fully saturated rings. The number of nitrogens with one attached hydrogen (secondary N) is 1. The highest BCUT2D eigenvalue weighted by atomic mass is 16.5. The summed E-state index contributed by atoms with van der Waals surface area (Å²) in [5.74, 6) is 0. The van der Waals surface area contributed by atoms with Crippen molar-refractivity contribution in [3.05, 3.63) is 35.4 Å². The van der Waals surface area contributed by atoms with Crippen molar-refractivity contribution >= 4 is 0 Å². The second kappa shape index (κ2) is 6.18. The van der Waals surface area contributed by atoms with Crippen LogP contribution in [0.1, 0.15) is 43.4 Å². The summed E-state index contributed by atoms with van der Waals surface area (Å²) in [5.41, 5.74) is 2.67. The van der Waals surface area contributed by atoms with Crippen molar-refractivity contribution in [3.63, 3.8) is 0 Å². The number of hydrogen-bond donors (Lipinski definition) is 1. The van der Waals surface area contributed by atoms with Gasteiger partial charge in [-0.25, -0.2) is 0 Å². The van der Waals surface area contributed by atoms with Gasteiger partial charge in [-0.05, 0) is 38.7 Å². The first kappa shape index (κ1) is 12.6. The lowest BCUT2D eigenvalue weighted by Crippen LogP contribution is -2.33. The van der Waals surface area contributed by atoms with Gasteiger partial charge in [0.15, 0.2) is 0 Å². The molecule has 1 heterocycles. The number of benzene rings is 1. The summed E-state index contributed by atoms with van der Waals surface area (Å²) in [4.78, 5) is 0. The molecule has 1 aromatic carbocycles. The summed E-state index contributed by atoms with van der Waals surface area (Å²) in [5, 5.41) is 3.56. The van der Waals surface area contributed by atoms with E-state index in [2.05, 4.69) is 43.4 Å². The van der Waals surface area contributed by atoms with Crippen LogP contribution in [0, 0.1) is 6.92 Å². The largest absolute Gasteiger partial charge is 0.377 e. The maximum atomic E-state index is 5.72. The lowest BCUT2D eigenvalue weighted by molar-refractivity contribution is 0.0156. The second-order valence-electron chi connectivity index (χ2n) is 5.03. The SMILES string of the molecule is Cc1ccc([C@@H](C)NCC2CCCCO2)cc1. The first-order valence-corrected chi connectivity index (χ1v) is 6.67. The van der Waals surface area contributed by atoms with E-state index < -0.39 is 0 Å². The molecule has 0 aliphatic carbocycles. The molecule has 0 bridgehead atoms. The summed E-state index contributed by atoms with van der Waals surface area (Å²) in [7, 11) is 0. The van der Waals surface area contributed by atoms with Gasteiger partial charge in [-0.15, -0.1) is 0 Å². The molecule has 17 heavy (non-hydrogen) atoms. The van der Waals surface area contributed by atoms with E-state index in [0.717, 1.165) is 13.2 Å². The lowest BCUT2D eigenvalue weighted by atomic mass is 10.1. The maximum Gasteiger partial charge on any atom is 0.0699 e. The Kier molecular flexibility index (Phi) is 4.57. The third kappa shape index (κ3) is 3.83. The number of hydrogen-bond acceptors (Lipinski definition) is 2. The van der Waals surface area contributed by atoms with Gasteiger partial charge in [0.05, 0.1) is 6.10 Å². The molecule has 0 radical (unpaired) electrons. The van der Waals surface area contributed by atoms with Gasteiger partial charge in [0.1, 0.15) is 0 Å². The molecule has 0 spiro atoms. The lowest BCUT2D eigenvalue weighted by Gasteiger charge is -2.25. The van der Waals surface area contributed by atoms with Gasteiger partial charge in [-0.1, -0.05) is 29.8 Å². The molecule has 0 amide bonds. The van der Waals surface area contributed by atoms with Crippen LogP contribution in [-0.2, 0) is 4.74 Å². The minimum atomic E-state index is 0.404. The molecule has 1 N–H and O–H groups in total. The molecular weight excluding hydrogens is 210 g/mol. The van der Waals surface area contributed by atoms with Gasteiger partial charge in [0, 0.05) is 19.2 Å². The van der Waals surface area contributed by atoms with Crippen molar-refractivity contribution in [2.75, 3.05) is 13.2 Å². The minimum absolute atomic E-state index is 0.404.